The van der Waals surface area contributed by atoms with Gasteiger partial charge in [0.05, 0.1) is 18.2 Å². The summed E-state index contributed by atoms with van der Waals surface area (Å²) in [5, 5.41) is 12.4. The van der Waals surface area contributed by atoms with E-state index in [2.05, 4.69) is 26.3 Å². The van der Waals surface area contributed by atoms with Gasteiger partial charge in [-0.3, -0.25) is 4.99 Å². The summed E-state index contributed by atoms with van der Waals surface area (Å²) in [5.74, 6) is 0.796. The molecule has 3 rings (SSSR count). The van der Waals surface area contributed by atoms with E-state index in [9.17, 15) is 4.79 Å². The third-order valence-electron chi connectivity index (χ3n) is 4.74. The summed E-state index contributed by atoms with van der Waals surface area (Å²) >= 11 is 0. The minimum Gasteiger partial charge on any atom is -0.373 e. The molecule has 2 bridgehead atoms. The molecule has 1 aromatic carbocycles. The lowest BCUT2D eigenvalue weighted by molar-refractivity contribution is 0.0992. The topological polar surface area (TPSA) is 86.8 Å². The second kappa shape index (κ2) is 10.1. The number of benzene rings is 1. The van der Waals surface area contributed by atoms with Gasteiger partial charge in [0.15, 0.2) is 5.96 Å². The normalized spacial score (nSPS) is 23.7. The summed E-state index contributed by atoms with van der Waals surface area (Å²) < 4.78 is 5.88. The number of hydrogen-bond donors (Lipinski definition) is 4. The lowest BCUT2D eigenvalue weighted by atomic mass is 9.96. The molecule has 150 valence electrons. The number of urea groups is 1. The van der Waals surface area contributed by atoms with Gasteiger partial charge in [0.25, 0.3) is 0 Å². The van der Waals surface area contributed by atoms with Gasteiger partial charge in [0.1, 0.15) is 0 Å². The van der Waals surface area contributed by atoms with Crippen molar-refractivity contribution in [3.05, 3.63) is 29.8 Å². The molecular formula is C19H30IN5O2. The molecule has 0 aromatic heterocycles. The molecular weight excluding hydrogens is 457 g/mol. The number of ether oxygens (including phenoxy) is 1. The highest BCUT2D eigenvalue weighted by Gasteiger charge is 2.41. The third kappa shape index (κ3) is 6.24. The van der Waals surface area contributed by atoms with Crippen LogP contribution >= 0.6 is 24.0 Å². The van der Waals surface area contributed by atoms with E-state index in [4.69, 9.17) is 4.74 Å². The molecule has 2 aliphatic rings. The highest BCUT2D eigenvalue weighted by Crippen LogP contribution is 2.34. The summed E-state index contributed by atoms with van der Waals surface area (Å²) in [7, 11) is 1.78. The molecule has 2 fully saturated rings. The number of amides is 2. The van der Waals surface area contributed by atoms with E-state index in [1.165, 1.54) is 6.42 Å². The summed E-state index contributed by atoms with van der Waals surface area (Å²) in [5.41, 5.74) is 1.89. The summed E-state index contributed by atoms with van der Waals surface area (Å²) in [4.78, 5) is 16.0. The number of rotatable bonds is 5. The van der Waals surface area contributed by atoms with E-state index >= 15 is 0 Å². The Bertz CT molecular complexity index is 650. The van der Waals surface area contributed by atoms with Crippen LogP contribution in [-0.4, -0.2) is 43.3 Å². The van der Waals surface area contributed by atoms with E-state index in [0.29, 0.717) is 24.8 Å². The van der Waals surface area contributed by atoms with Crippen molar-refractivity contribution < 1.29 is 9.53 Å². The van der Waals surface area contributed by atoms with Crippen LogP contribution < -0.4 is 21.3 Å². The van der Waals surface area contributed by atoms with E-state index in [1.807, 2.05) is 38.1 Å². The zero-order chi connectivity index (χ0) is 18.5. The van der Waals surface area contributed by atoms with Crippen LogP contribution in [-0.2, 0) is 11.3 Å². The molecule has 3 atom stereocenters. The van der Waals surface area contributed by atoms with E-state index < -0.39 is 0 Å². The number of carbonyl (C=O) groups is 1. The number of nitrogens with one attached hydrogen (secondary N) is 4. The van der Waals surface area contributed by atoms with Gasteiger partial charge in [-0.25, -0.2) is 4.79 Å². The Labute approximate surface area is 178 Å². The van der Waals surface area contributed by atoms with E-state index in [-0.39, 0.29) is 36.0 Å². The fourth-order valence-corrected chi connectivity index (χ4v) is 3.48. The highest BCUT2D eigenvalue weighted by atomic mass is 127. The molecule has 3 unspecified atom stereocenters. The quantitative estimate of drug-likeness (QED) is 0.292. The smallest absolute Gasteiger partial charge is 0.319 e. The fraction of sp³-hybridized carbons (Fsp3) is 0.579. The third-order valence-corrected chi connectivity index (χ3v) is 4.74. The number of hydrogen-bond acceptors (Lipinski definition) is 3. The molecule has 27 heavy (non-hydrogen) atoms. The zero-order valence-corrected chi connectivity index (χ0v) is 18.4. The Morgan fingerprint density at radius 2 is 2.00 bits per heavy atom. The molecule has 2 saturated heterocycles. The minimum atomic E-state index is -0.191. The van der Waals surface area contributed by atoms with Crippen LogP contribution in [0, 0.1) is 0 Å². The number of anilines is 1. The molecule has 4 N–H and O–H groups in total. The van der Waals surface area contributed by atoms with Crippen molar-refractivity contribution in [1.29, 1.82) is 0 Å². The number of aliphatic imine (C=N–C) groups is 1. The first-order valence-corrected chi connectivity index (χ1v) is 9.32. The first-order valence-electron chi connectivity index (χ1n) is 9.32. The van der Waals surface area contributed by atoms with Crippen LogP contribution in [0.3, 0.4) is 0 Å². The van der Waals surface area contributed by atoms with Crippen molar-refractivity contribution in [1.82, 2.24) is 16.0 Å². The van der Waals surface area contributed by atoms with Gasteiger partial charge < -0.3 is 26.0 Å². The molecule has 2 aliphatic heterocycles. The largest absolute Gasteiger partial charge is 0.373 e. The molecule has 0 aliphatic carbocycles. The number of carbonyl (C=O) groups excluding carboxylic acids is 1. The van der Waals surface area contributed by atoms with Gasteiger partial charge in [0.2, 0.25) is 0 Å². The maximum Gasteiger partial charge on any atom is 0.319 e. The molecule has 2 amide bonds. The van der Waals surface area contributed by atoms with Gasteiger partial charge >= 0.3 is 6.03 Å². The SMILES string of the molecule is CN=C(NCc1ccc(NC(=O)NC(C)C)cc1)NC1CC2CCC1O2.I. The fourth-order valence-electron chi connectivity index (χ4n) is 3.48. The van der Waals surface area contributed by atoms with Gasteiger partial charge in [-0.15, -0.1) is 24.0 Å². The summed E-state index contributed by atoms with van der Waals surface area (Å²) in [6.45, 7) is 4.52. The van der Waals surface area contributed by atoms with Crippen LogP contribution in [0.15, 0.2) is 29.3 Å². The minimum absolute atomic E-state index is 0. The first-order chi connectivity index (χ1) is 12.5. The van der Waals surface area contributed by atoms with Crippen molar-refractivity contribution in [2.24, 2.45) is 4.99 Å². The standard InChI is InChI=1S/C19H29N5O2.HI/c1-12(2)22-19(25)23-14-6-4-13(5-7-14)11-21-18(20-3)24-16-10-15-8-9-17(16)26-15;/h4-7,12,15-17H,8-11H2,1-3H3,(H2,20,21,24)(H2,22,23,25);1H. The maximum absolute atomic E-state index is 11.7. The number of fused-ring (bicyclic) bond motifs is 2. The second-order valence-electron chi connectivity index (χ2n) is 7.24. The zero-order valence-electron chi connectivity index (χ0n) is 16.1. The molecule has 0 spiro atoms. The summed E-state index contributed by atoms with van der Waals surface area (Å²) in [6, 6.07) is 8.05. The van der Waals surface area contributed by atoms with Crippen molar-refractivity contribution in [2.45, 2.75) is 63.9 Å². The van der Waals surface area contributed by atoms with Crippen molar-refractivity contribution >= 4 is 41.7 Å². The van der Waals surface area contributed by atoms with E-state index in [1.54, 1.807) is 7.05 Å². The Balaban J connectivity index is 0.00000261. The molecule has 0 saturated carbocycles. The number of nitrogens with zero attached hydrogens (tertiary/aromatic N) is 1. The Hall–Kier alpha value is -1.55. The molecule has 0 radical (unpaired) electrons. The average molecular weight is 487 g/mol. The van der Waals surface area contributed by atoms with Crippen LogP contribution in [0.5, 0.6) is 0 Å². The van der Waals surface area contributed by atoms with Gasteiger partial charge in [-0.1, -0.05) is 12.1 Å². The first kappa shape index (κ1) is 21.7. The van der Waals surface area contributed by atoms with Crippen LogP contribution in [0.2, 0.25) is 0 Å². The van der Waals surface area contributed by atoms with E-state index in [0.717, 1.165) is 30.1 Å². The second-order valence-corrected chi connectivity index (χ2v) is 7.24. The van der Waals surface area contributed by atoms with Crippen LogP contribution in [0.4, 0.5) is 10.5 Å². The number of halogens is 1. The monoisotopic (exact) mass is 487 g/mol. The van der Waals surface area contributed by atoms with Crippen LogP contribution in [0.25, 0.3) is 0 Å². The van der Waals surface area contributed by atoms with Crippen LogP contribution in [0.1, 0.15) is 38.7 Å². The molecule has 2 heterocycles. The molecule has 8 heteroatoms. The van der Waals surface area contributed by atoms with Gasteiger partial charge in [-0.05, 0) is 50.8 Å². The van der Waals surface area contributed by atoms with Crippen molar-refractivity contribution in [3.8, 4) is 0 Å². The lowest BCUT2D eigenvalue weighted by Gasteiger charge is -2.22. The molecule has 1 aromatic rings. The Morgan fingerprint density at radius 3 is 2.56 bits per heavy atom. The van der Waals surface area contributed by atoms with Crippen molar-refractivity contribution in [2.75, 3.05) is 12.4 Å². The molecule has 7 nitrogen and oxygen atoms in total. The van der Waals surface area contributed by atoms with Crippen molar-refractivity contribution in [3.63, 3.8) is 0 Å². The summed E-state index contributed by atoms with van der Waals surface area (Å²) in [6.07, 6.45) is 4.12. The number of guanidine groups is 1. The Morgan fingerprint density at radius 1 is 1.26 bits per heavy atom. The predicted octanol–water partition coefficient (Wildman–Crippen LogP) is 2.82. The van der Waals surface area contributed by atoms with Gasteiger partial charge in [-0.2, -0.15) is 0 Å². The highest BCUT2D eigenvalue weighted by molar-refractivity contribution is 14.0. The van der Waals surface area contributed by atoms with Gasteiger partial charge in [0, 0.05) is 25.3 Å². The Kier molecular flexibility index (Phi) is 8.15. The maximum atomic E-state index is 11.7. The predicted molar refractivity (Wildman–Crippen MR) is 119 cm³/mol. The lowest BCUT2D eigenvalue weighted by Crippen LogP contribution is -2.47. The average Bonchev–Trinajstić information content (AvgIpc) is 3.22.